The van der Waals surface area contributed by atoms with Crippen LogP contribution in [0.3, 0.4) is 0 Å². The topological polar surface area (TPSA) is 232 Å². The van der Waals surface area contributed by atoms with Crippen molar-refractivity contribution in [1.82, 2.24) is 30.9 Å². The average Bonchev–Trinajstić information content (AvgIpc) is 3.55. The van der Waals surface area contributed by atoms with E-state index in [9.17, 15) is 29.1 Å². The fourth-order valence-electron chi connectivity index (χ4n) is 4.16. The van der Waals surface area contributed by atoms with Crippen LogP contribution in [0.5, 0.6) is 0 Å². The molecule has 3 aromatic rings. The Balaban J connectivity index is 1.73. The molecule has 0 aliphatic heterocycles. The molecule has 14 nitrogen and oxygen atoms in total. The third-order valence-corrected chi connectivity index (χ3v) is 6.30. The average molecular weight is 556 g/mol. The fourth-order valence-corrected chi connectivity index (χ4v) is 4.16. The zero-order valence-corrected chi connectivity index (χ0v) is 22.0. The van der Waals surface area contributed by atoms with Gasteiger partial charge in [0.05, 0.1) is 18.8 Å². The van der Waals surface area contributed by atoms with Gasteiger partial charge >= 0.3 is 11.9 Å². The smallest absolute Gasteiger partial charge is 0.326 e. The Hall–Kier alpha value is -4.72. The van der Waals surface area contributed by atoms with Crippen molar-refractivity contribution in [3.63, 3.8) is 0 Å². The largest absolute Gasteiger partial charge is 0.481 e. The first-order valence-electron chi connectivity index (χ1n) is 12.6. The van der Waals surface area contributed by atoms with Gasteiger partial charge in [0.2, 0.25) is 17.7 Å². The van der Waals surface area contributed by atoms with Crippen LogP contribution >= 0.6 is 0 Å². The summed E-state index contributed by atoms with van der Waals surface area (Å²) in [5.41, 5.74) is 8.46. The highest BCUT2D eigenvalue weighted by Crippen LogP contribution is 2.19. The first kappa shape index (κ1) is 29.8. The minimum Gasteiger partial charge on any atom is -0.481 e. The number of para-hydroxylation sites is 1. The van der Waals surface area contributed by atoms with Gasteiger partial charge in [-0.3, -0.25) is 19.2 Å². The van der Waals surface area contributed by atoms with E-state index in [1.165, 1.54) is 12.5 Å². The molecule has 2 aromatic heterocycles. The van der Waals surface area contributed by atoms with Crippen LogP contribution in [-0.2, 0) is 36.8 Å². The van der Waals surface area contributed by atoms with Crippen LogP contribution in [0.1, 0.15) is 31.5 Å². The Morgan fingerprint density at radius 1 is 0.925 bits per heavy atom. The summed E-state index contributed by atoms with van der Waals surface area (Å²) < 4.78 is 0. The number of carboxylic acids is 2. The molecule has 214 valence electrons. The van der Waals surface area contributed by atoms with E-state index in [4.69, 9.17) is 10.8 Å². The van der Waals surface area contributed by atoms with Crippen LogP contribution in [0, 0.1) is 5.92 Å². The molecule has 0 radical (unpaired) electrons. The van der Waals surface area contributed by atoms with Crippen LogP contribution in [0.25, 0.3) is 10.9 Å². The molecule has 40 heavy (non-hydrogen) atoms. The van der Waals surface area contributed by atoms with Gasteiger partial charge in [0.25, 0.3) is 0 Å². The number of imidazole rings is 1. The van der Waals surface area contributed by atoms with Crippen molar-refractivity contribution in [1.29, 1.82) is 0 Å². The zero-order valence-electron chi connectivity index (χ0n) is 22.0. The molecular formula is C26H33N7O7. The summed E-state index contributed by atoms with van der Waals surface area (Å²) in [6, 6.07) is 2.50. The van der Waals surface area contributed by atoms with Gasteiger partial charge < -0.3 is 41.9 Å². The van der Waals surface area contributed by atoms with Crippen molar-refractivity contribution in [3.05, 3.63) is 54.2 Å². The molecule has 0 aliphatic rings. The molecule has 0 bridgehead atoms. The number of hydrogen-bond donors (Lipinski definition) is 8. The fraction of sp³-hybridized carbons (Fsp3) is 0.385. The number of fused-ring (bicyclic) bond motifs is 1. The molecule has 0 fully saturated rings. The van der Waals surface area contributed by atoms with Crippen LogP contribution in [0.4, 0.5) is 0 Å². The molecule has 4 atom stereocenters. The number of aromatic amines is 2. The van der Waals surface area contributed by atoms with Crippen molar-refractivity contribution < 1.29 is 34.2 Å². The second-order valence-electron chi connectivity index (χ2n) is 9.74. The lowest BCUT2D eigenvalue weighted by Crippen LogP contribution is -2.59. The Labute approximate surface area is 229 Å². The molecule has 0 aliphatic carbocycles. The number of nitrogens with two attached hydrogens (primary N) is 1. The summed E-state index contributed by atoms with van der Waals surface area (Å²) in [4.78, 5) is 71.6. The SMILES string of the molecule is CC(C)C(NC(=O)C(Cc1cnc[nH]1)NC(=O)C(N)Cc1c[nH]c2ccccc12)C(=O)NC(CC(=O)O)C(=O)O. The maximum atomic E-state index is 13.3. The number of nitrogens with one attached hydrogen (secondary N) is 5. The molecule has 0 spiro atoms. The van der Waals surface area contributed by atoms with E-state index < -0.39 is 66.2 Å². The van der Waals surface area contributed by atoms with E-state index in [2.05, 4.69) is 30.9 Å². The van der Waals surface area contributed by atoms with Gasteiger partial charge in [0.15, 0.2) is 0 Å². The van der Waals surface area contributed by atoms with Crippen LogP contribution in [0.2, 0.25) is 0 Å². The first-order chi connectivity index (χ1) is 19.0. The van der Waals surface area contributed by atoms with Crippen LogP contribution < -0.4 is 21.7 Å². The van der Waals surface area contributed by atoms with Gasteiger partial charge in [-0.2, -0.15) is 0 Å². The molecule has 9 N–H and O–H groups in total. The molecule has 0 saturated heterocycles. The van der Waals surface area contributed by atoms with Gasteiger partial charge in [-0.05, 0) is 24.0 Å². The predicted molar refractivity (Wildman–Crippen MR) is 143 cm³/mol. The summed E-state index contributed by atoms with van der Waals surface area (Å²) >= 11 is 0. The van der Waals surface area contributed by atoms with Gasteiger partial charge in [0, 0.05) is 35.4 Å². The molecule has 3 amide bonds. The van der Waals surface area contributed by atoms with Crippen molar-refractivity contribution in [2.45, 2.75) is 57.3 Å². The minimum absolute atomic E-state index is 0.000574. The third kappa shape index (κ3) is 7.89. The van der Waals surface area contributed by atoms with E-state index in [0.717, 1.165) is 16.5 Å². The van der Waals surface area contributed by atoms with Gasteiger partial charge in [-0.1, -0.05) is 32.0 Å². The van der Waals surface area contributed by atoms with E-state index in [1.54, 1.807) is 20.0 Å². The highest BCUT2D eigenvalue weighted by Gasteiger charge is 2.33. The van der Waals surface area contributed by atoms with Crippen LogP contribution in [-0.4, -0.2) is 79.0 Å². The summed E-state index contributed by atoms with van der Waals surface area (Å²) in [5, 5.41) is 26.5. The minimum atomic E-state index is -1.69. The molecule has 3 rings (SSSR count). The number of aliphatic carboxylic acids is 2. The van der Waals surface area contributed by atoms with Crippen molar-refractivity contribution >= 4 is 40.6 Å². The molecule has 4 unspecified atom stereocenters. The Kier molecular flexibility index (Phi) is 9.97. The highest BCUT2D eigenvalue weighted by atomic mass is 16.4. The van der Waals surface area contributed by atoms with Crippen molar-refractivity contribution in [3.8, 4) is 0 Å². The number of carbonyl (C=O) groups is 5. The quantitative estimate of drug-likeness (QED) is 0.130. The lowest BCUT2D eigenvalue weighted by Gasteiger charge is -2.26. The number of H-pyrrole nitrogens is 2. The van der Waals surface area contributed by atoms with E-state index in [1.807, 2.05) is 24.3 Å². The number of rotatable bonds is 14. The Morgan fingerprint density at radius 2 is 1.62 bits per heavy atom. The molecular weight excluding hydrogens is 522 g/mol. The maximum absolute atomic E-state index is 13.3. The second-order valence-corrected chi connectivity index (χ2v) is 9.74. The van der Waals surface area contributed by atoms with Gasteiger partial charge in [0.1, 0.15) is 18.1 Å². The number of nitrogens with zero attached hydrogens (tertiary/aromatic N) is 1. The third-order valence-electron chi connectivity index (χ3n) is 6.30. The maximum Gasteiger partial charge on any atom is 0.326 e. The Bertz CT molecular complexity index is 1350. The number of benzene rings is 1. The lowest BCUT2D eigenvalue weighted by atomic mass is 10.0. The van der Waals surface area contributed by atoms with Crippen molar-refractivity contribution in [2.24, 2.45) is 11.7 Å². The summed E-state index contributed by atoms with van der Waals surface area (Å²) in [6.45, 7) is 3.24. The first-order valence-corrected chi connectivity index (χ1v) is 12.6. The number of amides is 3. The van der Waals surface area contributed by atoms with E-state index in [-0.39, 0.29) is 12.8 Å². The van der Waals surface area contributed by atoms with Gasteiger partial charge in [-0.15, -0.1) is 0 Å². The summed E-state index contributed by atoms with van der Waals surface area (Å²) in [7, 11) is 0. The zero-order chi connectivity index (χ0) is 29.4. The number of hydrogen-bond acceptors (Lipinski definition) is 7. The number of carbonyl (C=O) groups excluding carboxylic acids is 3. The highest BCUT2D eigenvalue weighted by molar-refractivity contribution is 5.95. The monoisotopic (exact) mass is 555 g/mol. The van der Waals surface area contributed by atoms with Gasteiger partial charge in [-0.25, -0.2) is 9.78 Å². The summed E-state index contributed by atoms with van der Waals surface area (Å²) in [5.74, 6) is -5.64. The van der Waals surface area contributed by atoms with Crippen LogP contribution in [0.15, 0.2) is 43.0 Å². The number of carboxylic acid groups (broad SMARTS) is 2. The second kappa shape index (κ2) is 13.4. The summed E-state index contributed by atoms with van der Waals surface area (Å²) in [6.07, 6.45) is 4.02. The molecule has 2 heterocycles. The molecule has 14 heteroatoms. The lowest BCUT2D eigenvalue weighted by molar-refractivity contribution is -0.147. The Morgan fingerprint density at radius 3 is 2.25 bits per heavy atom. The van der Waals surface area contributed by atoms with E-state index >= 15 is 0 Å². The van der Waals surface area contributed by atoms with E-state index in [0.29, 0.717) is 5.69 Å². The molecule has 0 saturated carbocycles. The molecule has 1 aromatic carbocycles. The number of aromatic nitrogens is 3. The van der Waals surface area contributed by atoms with Crippen molar-refractivity contribution in [2.75, 3.05) is 0 Å². The predicted octanol–water partition coefficient (Wildman–Crippen LogP) is -0.327. The standard InChI is InChI=1S/C26H33N7O7/c1-13(2)22(25(38)32-20(26(39)40)9-21(34)35)33-24(37)19(8-15-11-28-12-30-15)31-23(36)17(27)7-14-10-29-18-6-4-3-5-16(14)18/h3-6,10-13,17,19-20,22,29H,7-9,27H2,1-2H3,(H,28,30)(H,31,36)(H,32,38)(H,33,37)(H,34,35)(H,39,40). The normalized spacial score (nSPS) is 14.2.